The summed E-state index contributed by atoms with van der Waals surface area (Å²) in [5, 5.41) is 2.81. The van der Waals surface area contributed by atoms with Crippen molar-refractivity contribution in [1.29, 1.82) is 0 Å². The summed E-state index contributed by atoms with van der Waals surface area (Å²) in [6.45, 7) is 3.49. The first-order chi connectivity index (χ1) is 13.3. The lowest BCUT2D eigenvalue weighted by Gasteiger charge is -2.25. The fourth-order valence-electron chi connectivity index (χ4n) is 2.75. The molecule has 1 amide bonds. The van der Waals surface area contributed by atoms with Gasteiger partial charge in [-0.25, -0.2) is 12.8 Å². The molecule has 152 valence electrons. The molecule has 0 aliphatic heterocycles. The molecule has 2 rings (SSSR count). The summed E-state index contributed by atoms with van der Waals surface area (Å²) in [7, 11) is -2.56. The van der Waals surface area contributed by atoms with E-state index in [1.54, 1.807) is 24.3 Å². The number of ether oxygens (including phenoxy) is 1. The van der Waals surface area contributed by atoms with E-state index in [9.17, 15) is 17.6 Å². The molecule has 0 aliphatic rings. The summed E-state index contributed by atoms with van der Waals surface area (Å²) in [5.41, 5.74) is 0.309. The third kappa shape index (κ3) is 5.45. The van der Waals surface area contributed by atoms with Gasteiger partial charge in [0.15, 0.2) is 0 Å². The lowest BCUT2D eigenvalue weighted by Crippen LogP contribution is -2.43. The number of hydrogen-bond donors (Lipinski definition) is 1. The average Bonchev–Trinajstić information content (AvgIpc) is 2.66. The largest absolute Gasteiger partial charge is 0.497 e. The lowest BCUT2D eigenvalue weighted by atomic mass is 10.2. The third-order valence-corrected chi connectivity index (χ3v) is 5.97. The second-order valence-electron chi connectivity index (χ2n) is 6.42. The van der Waals surface area contributed by atoms with Crippen molar-refractivity contribution < 1.29 is 22.3 Å². The summed E-state index contributed by atoms with van der Waals surface area (Å²) in [5.74, 6) is -0.396. The van der Waals surface area contributed by atoms with Gasteiger partial charge in [-0.1, -0.05) is 13.3 Å². The maximum absolute atomic E-state index is 13.2. The van der Waals surface area contributed by atoms with Crippen LogP contribution >= 0.6 is 0 Å². The van der Waals surface area contributed by atoms with Gasteiger partial charge in [-0.3, -0.25) is 9.10 Å². The number of nitrogens with one attached hydrogen (secondary N) is 1. The Hall–Kier alpha value is -2.61. The van der Waals surface area contributed by atoms with Crippen LogP contribution in [0.15, 0.2) is 53.4 Å². The predicted molar refractivity (Wildman–Crippen MR) is 106 cm³/mol. The van der Waals surface area contributed by atoms with Crippen LogP contribution in [-0.4, -0.2) is 34.0 Å². The molecular formula is C20H25FN2O4S. The molecule has 0 aliphatic carbocycles. The zero-order chi connectivity index (χ0) is 20.7. The van der Waals surface area contributed by atoms with E-state index in [1.807, 2.05) is 13.8 Å². The van der Waals surface area contributed by atoms with Gasteiger partial charge in [0.2, 0.25) is 5.91 Å². The molecule has 0 saturated carbocycles. The molecular weight excluding hydrogens is 383 g/mol. The molecule has 0 radical (unpaired) electrons. The molecule has 1 N–H and O–H groups in total. The van der Waals surface area contributed by atoms with E-state index in [1.165, 1.54) is 19.2 Å². The van der Waals surface area contributed by atoms with Gasteiger partial charge in [0, 0.05) is 6.04 Å². The molecule has 28 heavy (non-hydrogen) atoms. The molecule has 0 heterocycles. The number of hydrogen-bond acceptors (Lipinski definition) is 4. The minimum atomic E-state index is -4.07. The molecule has 0 aromatic heterocycles. The van der Waals surface area contributed by atoms with Crippen molar-refractivity contribution in [3.8, 4) is 5.75 Å². The number of carbonyl (C=O) groups is 1. The number of rotatable bonds is 9. The molecule has 0 unspecified atom stereocenters. The quantitative estimate of drug-likeness (QED) is 0.691. The lowest BCUT2D eigenvalue weighted by molar-refractivity contribution is -0.120. The van der Waals surface area contributed by atoms with Crippen LogP contribution in [0.2, 0.25) is 0 Å². The second kappa shape index (κ2) is 9.54. The van der Waals surface area contributed by atoms with Crippen molar-refractivity contribution in [2.45, 2.75) is 37.6 Å². The van der Waals surface area contributed by atoms with Crippen LogP contribution in [0.5, 0.6) is 5.75 Å². The molecule has 0 bridgehead atoms. The smallest absolute Gasteiger partial charge is 0.264 e. The normalized spacial score (nSPS) is 12.3. The Labute approximate surface area is 165 Å². The van der Waals surface area contributed by atoms with E-state index < -0.39 is 21.7 Å². The topological polar surface area (TPSA) is 75.7 Å². The predicted octanol–water partition coefficient (Wildman–Crippen LogP) is 3.33. The number of sulfonamides is 1. The van der Waals surface area contributed by atoms with Gasteiger partial charge in [0.25, 0.3) is 10.0 Å². The van der Waals surface area contributed by atoms with Crippen LogP contribution in [-0.2, 0) is 14.8 Å². The Kier molecular flexibility index (Phi) is 7.39. The molecule has 0 spiro atoms. The number of methoxy groups -OCH3 is 1. The summed E-state index contributed by atoms with van der Waals surface area (Å²) >= 11 is 0. The van der Waals surface area contributed by atoms with Gasteiger partial charge in [-0.05, 0) is 61.9 Å². The molecule has 8 heteroatoms. The number of nitrogens with zero attached hydrogens (tertiary/aromatic N) is 1. The highest BCUT2D eigenvalue weighted by Crippen LogP contribution is 2.25. The van der Waals surface area contributed by atoms with Gasteiger partial charge in [0.1, 0.15) is 18.1 Å². The standard InChI is InChI=1S/C20H25FN2O4S/c1-4-5-15(2)22-20(24)14-23(17-8-10-18(27-3)11-9-17)28(25,26)19-12-6-16(21)7-13-19/h6-13,15H,4-5,14H2,1-3H3,(H,22,24)/t15-/m1/s1. The van der Waals surface area contributed by atoms with Crippen molar-refractivity contribution >= 4 is 21.6 Å². The first-order valence-electron chi connectivity index (χ1n) is 8.99. The summed E-state index contributed by atoms with van der Waals surface area (Å²) in [6, 6.07) is 10.8. The maximum Gasteiger partial charge on any atom is 0.264 e. The first kappa shape index (κ1) is 21.7. The van der Waals surface area contributed by atoms with Gasteiger partial charge in [-0.2, -0.15) is 0 Å². The third-order valence-electron chi connectivity index (χ3n) is 4.18. The molecule has 2 aromatic rings. The van der Waals surface area contributed by atoms with Gasteiger partial charge < -0.3 is 10.1 Å². The highest BCUT2D eigenvalue weighted by Gasteiger charge is 2.27. The highest BCUT2D eigenvalue weighted by molar-refractivity contribution is 7.92. The fraction of sp³-hybridized carbons (Fsp3) is 0.350. The average molecular weight is 408 g/mol. The van der Waals surface area contributed by atoms with Gasteiger partial charge >= 0.3 is 0 Å². The monoisotopic (exact) mass is 408 g/mol. The van der Waals surface area contributed by atoms with E-state index >= 15 is 0 Å². The van der Waals surface area contributed by atoms with Crippen LogP contribution < -0.4 is 14.4 Å². The Morgan fingerprint density at radius 3 is 2.29 bits per heavy atom. The van der Waals surface area contributed by atoms with Crippen molar-refractivity contribution in [1.82, 2.24) is 5.32 Å². The van der Waals surface area contributed by atoms with Crippen molar-refractivity contribution in [2.24, 2.45) is 0 Å². The van der Waals surface area contributed by atoms with E-state index in [0.717, 1.165) is 29.3 Å². The number of amides is 1. The Balaban J connectivity index is 2.37. The molecule has 2 aromatic carbocycles. The number of carbonyl (C=O) groups excluding carboxylic acids is 1. The van der Waals surface area contributed by atoms with Crippen molar-refractivity contribution in [2.75, 3.05) is 18.0 Å². The van der Waals surface area contributed by atoms with Crippen molar-refractivity contribution in [3.63, 3.8) is 0 Å². The molecule has 0 saturated heterocycles. The molecule has 0 fully saturated rings. The van der Waals surface area contributed by atoms with Crippen LogP contribution in [0.25, 0.3) is 0 Å². The number of anilines is 1. The highest BCUT2D eigenvalue weighted by atomic mass is 32.2. The van der Waals surface area contributed by atoms with E-state index in [0.29, 0.717) is 11.4 Å². The minimum absolute atomic E-state index is 0.0660. The fourth-order valence-corrected chi connectivity index (χ4v) is 4.17. The van der Waals surface area contributed by atoms with Crippen LogP contribution in [0.3, 0.4) is 0 Å². The Morgan fingerprint density at radius 2 is 1.75 bits per heavy atom. The maximum atomic E-state index is 13.2. The van der Waals surface area contributed by atoms with Crippen LogP contribution in [0.4, 0.5) is 10.1 Å². The zero-order valence-corrected chi connectivity index (χ0v) is 17.0. The van der Waals surface area contributed by atoms with E-state index in [2.05, 4.69) is 5.32 Å². The second-order valence-corrected chi connectivity index (χ2v) is 8.28. The number of halogens is 1. The molecule has 6 nitrogen and oxygen atoms in total. The van der Waals surface area contributed by atoms with Gasteiger partial charge in [-0.15, -0.1) is 0 Å². The minimum Gasteiger partial charge on any atom is -0.497 e. The van der Waals surface area contributed by atoms with Gasteiger partial charge in [0.05, 0.1) is 17.7 Å². The summed E-state index contributed by atoms with van der Waals surface area (Å²) in [6.07, 6.45) is 1.69. The van der Waals surface area contributed by atoms with E-state index in [4.69, 9.17) is 4.74 Å². The summed E-state index contributed by atoms with van der Waals surface area (Å²) < 4.78 is 45.6. The first-order valence-corrected chi connectivity index (χ1v) is 10.4. The molecule has 1 atom stereocenters. The van der Waals surface area contributed by atoms with E-state index in [-0.39, 0.29) is 17.5 Å². The van der Waals surface area contributed by atoms with Crippen molar-refractivity contribution in [3.05, 3.63) is 54.3 Å². The Bertz CT molecular complexity index is 883. The summed E-state index contributed by atoms with van der Waals surface area (Å²) in [4.78, 5) is 12.4. The Morgan fingerprint density at radius 1 is 1.14 bits per heavy atom. The van der Waals surface area contributed by atoms with Crippen LogP contribution in [0, 0.1) is 5.82 Å². The van der Waals surface area contributed by atoms with Crippen LogP contribution in [0.1, 0.15) is 26.7 Å². The number of benzene rings is 2. The zero-order valence-electron chi connectivity index (χ0n) is 16.2. The SMILES string of the molecule is CCC[C@@H](C)NC(=O)CN(c1ccc(OC)cc1)S(=O)(=O)c1ccc(F)cc1.